The second-order valence-electron chi connectivity index (χ2n) is 4.69. The van der Waals surface area contributed by atoms with Gasteiger partial charge in [0.25, 0.3) is 0 Å². The highest BCUT2D eigenvalue weighted by Gasteiger charge is 2.18. The standard InChI is InChI=1S/C15H18N2O4S/c1-3-6-17(14(18)8-11-5-4-7-22-11)9-13-16-12(10-21-13)15(19)20-2/h4-5,7,10H,3,6,8-9H2,1-2H3. The molecule has 0 fully saturated rings. The molecule has 2 aromatic rings. The maximum Gasteiger partial charge on any atom is 0.360 e. The maximum absolute atomic E-state index is 12.4. The summed E-state index contributed by atoms with van der Waals surface area (Å²) in [6, 6.07) is 3.86. The van der Waals surface area contributed by atoms with Crippen LogP contribution >= 0.6 is 11.3 Å². The molecule has 7 heteroatoms. The summed E-state index contributed by atoms with van der Waals surface area (Å²) in [5.41, 5.74) is 0.111. The Bertz CT molecular complexity index is 621. The number of nitrogens with zero attached hydrogens (tertiary/aromatic N) is 2. The Morgan fingerprint density at radius 1 is 1.45 bits per heavy atom. The number of ether oxygens (including phenoxy) is 1. The van der Waals surface area contributed by atoms with E-state index in [1.807, 2.05) is 24.4 Å². The average molecular weight is 322 g/mol. The monoisotopic (exact) mass is 322 g/mol. The lowest BCUT2D eigenvalue weighted by Gasteiger charge is -2.20. The minimum absolute atomic E-state index is 0.0159. The molecule has 0 bridgehead atoms. The summed E-state index contributed by atoms with van der Waals surface area (Å²) >= 11 is 1.56. The summed E-state index contributed by atoms with van der Waals surface area (Å²) < 4.78 is 9.83. The van der Waals surface area contributed by atoms with Gasteiger partial charge >= 0.3 is 5.97 Å². The number of esters is 1. The lowest BCUT2D eigenvalue weighted by Crippen LogP contribution is -2.32. The van der Waals surface area contributed by atoms with Crippen LogP contribution in [0, 0.1) is 0 Å². The highest BCUT2D eigenvalue weighted by Crippen LogP contribution is 2.13. The fourth-order valence-electron chi connectivity index (χ4n) is 1.98. The highest BCUT2D eigenvalue weighted by atomic mass is 32.1. The molecule has 0 N–H and O–H groups in total. The third-order valence-corrected chi connectivity index (χ3v) is 3.90. The molecule has 118 valence electrons. The van der Waals surface area contributed by atoms with Crippen molar-refractivity contribution in [3.05, 3.63) is 40.2 Å². The van der Waals surface area contributed by atoms with Gasteiger partial charge in [0.1, 0.15) is 6.26 Å². The Labute approximate surface area is 132 Å². The first kappa shape index (κ1) is 16.2. The van der Waals surface area contributed by atoms with Gasteiger partial charge < -0.3 is 14.1 Å². The number of hydrogen-bond donors (Lipinski definition) is 0. The summed E-state index contributed by atoms with van der Waals surface area (Å²) in [4.78, 5) is 30.5. The van der Waals surface area contributed by atoms with E-state index in [2.05, 4.69) is 9.72 Å². The van der Waals surface area contributed by atoms with E-state index < -0.39 is 5.97 Å². The van der Waals surface area contributed by atoms with Crippen molar-refractivity contribution in [3.8, 4) is 0 Å². The van der Waals surface area contributed by atoms with Crippen LogP contribution in [0.1, 0.15) is 34.6 Å². The lowest BCUT2D eigenvalue weighted by molar-refractivity contribution is -0.131. The fraction of sp³-hybridized carbons (Fsp3) is 0.400. The van der Waals surface area contributed by atoms with Gasteiger partial charge in [-0.15, -0.1) is 11.3 Å². The summed E-state index contributed by atoms with van der Waals surface area (Å²) in [5, 5.41) is 1.95. The van der Waals surface area contributed by atoms with Crippen molar-refractivity contribution in [3.63, 3.8) is 0 Å². The summed E-state index contributed by atoms with van der Waals surface area (Å²) in [6.07, 6.45) is 2.44. The zero-order valence-electron chi connectivity index (χ0n) is 12.6. The molecule has 0 aliphatic rings. The van der Waals surface area contributed by atoms with Crippen molar-refractivity contribution in [1.82, 2.24) is 9.88 Å². The van der Waals surface area contributed by atoms with E-state index in [9.17, 15) is 9.59 Å². The van der Waals surface area contributed by atoms with E-state index in [1.165, 1.54) is 13.4 Å². The first-order valence-electron chi connectivity index (χ1n) is 6.97. The van der Waals surface area contributed by atoms with Crippen molar-refractivity contribution in [1.29, 1.82) is 0 Å². The molecular formula is C15H18N2O4S. The van der Waals surface area contributed by atoms with Crippen LogP contribution in [-0.2, 0) is 22.5 Å². The molecule has 1 amide bonds. The number of oxazole rings is 1. The number of aromatic nitrogens is 1. The third-order valence-electron chi connectivity index (χ3n) is 3.02. The van der Waals surface area contributed by atoms with Gasteiger partial charge in [-0.1, -0.05) is 13.0 Å². The molecule has 2 heterocycles. The first-order chi connectivity index (χ1) is 10.6. The van der Waals surface area contributed by atoms with Gasteiger partial charge in [0, 0.05) is 11.4 Å². The minimum Gasteiger partial charge on any atom is -0.464 e. The normalized spacial score (nSPS) is 10.5. The quantitative estimate of drug-likeness (QED) is 0.732. The highest BCUT2D eigenvalue weighted by molar-refractivity contribution is 7.10. The molecule has 2 rings (SSSR count). The number of hydrogen-bond acceptors (Lipinski definition) is 6. The molecule has 0 radical (unpaired) electrons. The summed E-state index contributed by atoms with van der Waals surface area (Å²) in [5.74, 6) is -0.211. The second-order valence-corrected chi connectivity index (χ2v) is 5.72. The Hall–Kier alpha value is -2.15. The number of amides is 1. The van der Waals surface area contributed by atoms with Crippen LogP contribution in [0.5, 0.6) is 0 Å². The molecule has 2 aromatic heterocycles. The number of carbonyl (C=O) groups excluding carboxylic acids is 2. The number of thiophene rings is 1. The van der Waals surface area contributed by atoms with Gasteiger partial charge in [-0.05, 0) is 17.9 Å². The van der Waals surface area contributed by atoms with Gasteiger partial charge in [0.2, 0.25) is 11.8 Å². The third kappa shape index (κ3) is 4.17. The van der Waals surface area contributed by atoms with Crippen molar-refractivity contribution >= 4 is 23.2 Å². The lowest BCUT2D eigenvalue weighted by atomic mass is 10.3. The van der Waals surface area contributed by atoms with Crippen molar-refractivity contribution in [2.45, 2.75) is 26.3 Å². The molecule has 0 spiro atoms. The van der Waals surface area contributed by atoms with E-state index in [-0.39, 0.29) is 18.1 Å². The minimum atomic E-state index is -0.554. The zero-order chi connectivity index (χ0) is 15.9. The molecule has 0 saturated heterocycles. The van der Waals surface area contributed by atoms with Crippen molar-refractivity contribution in [2.24, 2.45) is 0 Å². The predicted molar refractivity (Wildman–Crippen MR) is 81.6 cm³/mol. The van der Waals surface area contributed by atoms with E-state index >= 15 is 0 Å². The van der Waals surface area contributed by atoms with E-state index in [4.69, 9.17) is 4.42 Å². The molecule has 0 aliphatic carbocycles. The number of methoxy groups -OCH3 is 1. The molecule has 22 heavy (non-hydrogen) atoms. The Morgan fingerprint density at radius 3 is 2.91 bits per heavy atom. The van der Waals surface area contributed by atoms with Crippen molar-refractivity contribution < 1.29 is 18.7 Å². The van der Waals surface area contributed by atoms with E-state index in [0.717, 1.165) is 11.3 Å². The molecular weight excluding hydrogens is 304 g/mol. The van der Waals surface area contributed by atoms with E-state index in [0.29, 0.717) is 18.9 Å². The molecule has 0 saturated carbocycles. The first-order valence-corrected chi connectivity index (χ1v) is 7.84. The largest absolute Gasteiger partial charge is 0.464 e. The average Bonchev–Trinajstić information content (AvgIpc) is 3.17. The Balaban J connectivity index is 2.03. The van der Waals surface area contributed by atoms with Crippen LogP contribution < -0.4 is 0 Å². The fourth-order valence-corrected chi connectivity index (χ4v) is 2.68. The predicted octanol–water partition coefficient (Wildman–Crippen LogP) is 2.50. The van der Waals surface area contributed by atoms with Gasteiger partial charge in [-0.2, -0.15) is 0 Å². The van der Waals surface area contributed by atoms with Gasteiger partial charge in [0.15, 0.2) is 5.69 Å². The van der Waals surface area contributed by atoms with Gasteiger partial charge in [0.05, 0.1) is 20.1 Å². The van der Waals surface area contributed by atoms with E-state index in [1.54, 1.807) is 16.2 Å². The van der Waals surface area contributed by atoms with Gasteiger partial charge in [-0.3, -0.25) is 4.79 Å². The SMILES string of the molecule is CCCN(Cc1nc(C(=O)OC)co1)C(=O)Cc1cccs1. The van der Waals surface area contributed by atoms with Gasteiger partial charge in [-0.25, -0.2) is 9.78 Å². The topological polar surface area (TPSA) is 72.6 Å². The molecule has 0 aromatic carbocycles. The molecule has 0 unspecified atom stereocenters. The zero-order valence-corrected chi connectivity index (χ0v) is 13.4. The van der Waals surface area contributed by atoms with Crippen LogP contribution in [0.3, 0.4) is 0 Å². The van der Waals surface area contributed by atoms with Crippen LogP contribution in [0.2, 0.25) is 0 Å². The van der Waals surface area contributed by atoms with Crippen LogP contribution in [0.4, 0.5) is 0 Å². The smallest absolute Gasteiger partial charge is 0.360 e. The maximum atomic E-state index is 12.4. The number of carbonyl (C=O) groups is 2. The number of rotatable bonds is 7. The van der Waals surface area contributed by atoms with Crippen LogP contribution in [-0.4, -0.2) is 35.4 Å². The van der Waals surface area contributed by atoms with Crippen molar-refractivity contribution in [2.75, 3.05) is 13.7 Å². The Morgan fingerprint density at radius 2 is 2.27 bits per heavy atom. The molecule has 0 aliphatic heterocycles. The van der Waals surface area contributed by atoms with Crippen LogP contribution in [0.25, 0.3) is 0 Å². The van der Waals surface area contributed by atoms with Crippen LogP contribution in [0.15, 0.2) is 28.2 Å². The summed E-state index contributed by atoms with van der Waals surface area (Å²) in [6.45, 7) is 2.86. The Kier molecular flexibility index (Phi) is 5.71. The molecule has 0 atom stereocenters. The summed E-state index contributed by atoms with van der Waals surface area (Å²) in [7, 11) is 1.28. The second kappa shape index (κ2) is 7.74. The molecule has 6 nitrogen and oxygen atoms in total.